The number of hydrogen-bond acceptors (Lipinski definition) is 2. The minimum atomic E-state index is 0.409. The Kier molecular flexibility index (Phi) is 3.10. The SMILES string of the molecule is CC(C)C(CN)c1cn(C2CCC2)cn1. The molecule has 0 saturated heterocycles. The summed E-state index contributed by atoms with van der Waals surface area (Å²) in [5.41, 5.74) is 6.95. The molecule has 2 N–H and O–H groups in total. The van der Waals surface area contributed by atoms with Crippen LogP contribution >= 0.6 is 0 Å². The Hall–Kier alpha value is -0.830. The van der Waals surface area contributed by atoms with Gasteiger partial charge in [0.15, 0.2) is 0 Å². The van der Waals surface area contributed by atoms with Gasteiger partial charge in [-0.15, -0.1) is 0 Å². The van der Waals surface area contributed by atoms with Crippen LogP contribution in [0.1, 0.15) is 50.8 Å². The van der Waals surface area contributed by atoms with E-state index in [0.717, 1.165) is 0 Å². The summed E-state index contributed by atoms with van der Waals surface area (Å²) in [7, 11) is 0. The van der Waals surface area contributed by atoms with Crippen molar-refractivity contribution in [3.8, 4) is 0 Å². The smallest absolute Gasteiger partial charge is 0.0952 e. The molecule has 0 aliphatic heterocycles. The first-order valence-corrected chi connectivity index (χ1v) is 5.95. The number of imidazole rings is 1. The van der Waals surface area contributed by atoms with Gasteiger partial charge in [0.25, 0.3) is 0 Å². The predicted molar refractivity (Wildman–Crippen MR) is 61.7 cm³/mol. The van der Waals surface area contributed by atoms with E-state index in [1.165, 1.54) is 25.0 Å². The zero-order valence-corrected chi connectivity index (χ0v) is 9.69. The molecule has 1 saturated carbocycles. The highest BCUT2D eigenvalue weighted by atomic mass is 15.1. The molecular weight excluding hydrogens is 186 g/mol. The van der Waals surface area contributed by atoms with E-state index < -0.39 is 0 Å². The van der Waals surface area contributed by atoms with Crippen molar-refractivity contribution in [2.45, 2.75) is 45.1 Å². The maximum absolute atomic E-state index is 5.79. The second-order valence-electron chi connectivity index (χ2n) is 4.92. The number of aromatic nitrogens is 2. The van der Waals surface area contributed by atoms with Gasteiger partial charge in [0.05, 0.1) is 12.0 Å². The lowest BCUT2D eigenvalue weighted by Crippen LogP contribution is -2.18. The van der Waals surface area contributed by atoms with Crippen molar-refractivity contribution in [2.75, 3.05) is 6.54 Å². The molecule has 0 bridgehead atoms. The molecule has 0 radical (unpaired) electrons. The number of hydrogen-bond donors (Lipinski definition) is 1. The monoisotopic (exact) mass is 207 g/mol. The van der Waals surface area contributed by atoms with E-state index in [2.05, 4.69) is 29.6 Å². The predicted octanol–water partition coefficient (Wildman–Crippen LogP) is 2.31. The summed E-state index contributed by atoms with van der Waals surface area (Å²) in [6.45, 7) is 5.11. The van der Waals surface area contributed by atoms with Gasteiger partial charge in [-0.1, -0.05) is 13.8 Å². The molecule has 1 unspecified atom stereocenters. The molecule has 0 amide bonds. The maximum Gasteiger partial charge on any atom is 0.0952 e. The van der Waals surface area contributed by atoms with Crippen LogP contribution in [0.15, 0.2) is 12.5 Å². The van der Waals surface area contributed by atoms with Crippen LogP contribution in [-0.4, -0.2) is 16.1 Å². The van der Waals surface area contributed by atoms with Crippen LogP contribution in [0, 0.1) is 5.92 Å². The molecule has 84 valence electrons. The molecule has 0 aromatic carbocycles. The molecular formula is C12H21N3. The van der Waals surface area contributed by atoms with Gasteiger partial charge in [0.1, 0.15) is 0 Å². The second kappa shape index (κ2) is 4.35. The zero-order chi connectivity index (χ0) is 10.8. The average Bonchev–Trinajstić information content (AvgIpc) is 2.51. The summed E-state index contributed by atoms with van der Waals surface area (Å²) < 4.78 is 2.27. The summed E-state index contributed by atoms with van der Waals surface area (Å²) in [6, 6.07) is 0.705. The third-order valence-electron chi connectivity index (χ3n) is 3.56. The summed E-state index contributed by atoms with van der Waals surface area (Å²) >= 11 is 0. The average molecular weight is 207 g/mol. The van der Waals surface area contributed by atoms with E-state index in [4.69, 9.17) is 5.73 Å². The van der Waals surface area contributed by atoms with Crippen molar-refractivity contribution >= 4 is 0 Å². The third kappa shape index (κ3) is 2.07. The first-order valence-electron chi connectivity index (χ1n) is 5.95. The summed E-state index contributed by atoms with van der Waals surface area (Å²) in [4.78, 5) is 4.49. The Labute approximate surface area is 91.7 Å². The minimum absolute atomic E-state index is 0.409. The molecule has 15 heavy (non-hydrogen) atoms. The lowest BCUT2D eigenvalue weighted by Gasteiger charge is -2.26. The highest BCUT2D eigenvalue weighted by Crippen LogP contribution is 2.32. The van der Waals surface area contributed by atoms with E-state index in [0.29, 0.717) is 24.4 Å². The topological polar surface area (TPSA) is 43.8 Å². The van der Waals surface area contributed by atoms with Gasteiger partial charge in [0, 0.05) is 24.7 Å². The van der Waals surface area contributed by atoms with Crippen molar-refractivity contribution in [2.24, 2.45) is 11.7 Å². The zero-order valence-electron chi connectivity index (χ0n) is 9.69. The van der Waals surface area contributed by atoms with Crippen LogP contribution in [0.3, 0.4) is 0 Å². The van der Waals surface area contributed by atoms with Crippen LogP contribution < -0.4 is 5.73 Å². The van der Waals surface area contributed by atoms with E-state index in [9.17, 15) is 0 Å². The lowest BCUT2D eigenvalue weighted by molar-refractivity contribution is 0.313. The first-order chi connectivity index (χ1) is 7.22. The fourth-order valence-electron chi connectivity index (χ4n) is 2.16. The molecule has 1 aromatic rings. The van der Waals surface area contributed by atoms with Gasteiger partial charge < -0.3 is 10.3 Å². The van der Waals surface area contributed by atoms with Crippen molar-refractivity contribution < 1.29 is 0 Å². The largest absolute Gasteiger partial charge is 0.334 e. The number of nitrogens with two attached hydrogens (primary N) is 1. The molecule has 1 heterocycles. The van der Waals surface area contributed by atoms with Gasteiger partial charge in [-0.25, -0.2) is 4.98 Å². The van der Waals surface area contributed by atoms with Crippen LogP contribution in [0.25, 0.3) is 0 Å². The van der Waals surface area contributed by atoms with Crippen molar-refractivity contribution in [1.82, 2.24) is 9.55 Å². The minimum Gasteiger partial charge on any atom is -0.334 e. The fraction of sp³-hybridized carbons (Fsp3) is 0.750. The van der Waals surface area contributed by atoms with Gasteiger partial charge in [-0.05, 0) is 25.2 Å². The van der Waals surface area contributed by atoms with Crippen LogP contribution in [0.2, 0.25) is 0 Å². The number of nitrogens with zero attached hydrogens (tertiary/aromatic N) is 2. The molecule has 1 atom stereocenters. The van der Waals surface area contributed by atoms with Gasteiger partial charge in [0.2, 0.25) is 0 Å². The Balaban J connectivity index is 2.10. The Morgan fingerprint density at radius 2 is 2.27 bits per heavy atom. The first kappa shape index (κ1) is 10.7. The number of rotatable bonds is 4. The summed E-state index contributed by atoms with van der Waals surface area (Å²) in [5, 5.41) is 0. The van der Waals surface area contributed by atoms with Gasteiger partial charge in [-0.3, -0.25) is 0 Å². The summed E-state index contributed by atoms with van der Waals surface area (Å²) in [6.07, 6.45) is 8.16. The normalized spacial score (nSPS) is 19.2. The second-order valence-corrected chi connectivity index (χ2v) is 4.92. The van der Waals surface area contributed by atoms with Crippen LogP contribution in [0.5, 0.6) is 0 Å². The highest BCUT2D eigenvalue weighted by molar-refractivity contribution is 5.07. The van der Waals surface area contributed by atoms with E-state index in [-0.39, 0.29) is 0 Å². The van der Waals surface area contributed by atoms with E-state index >= 15 is 0 Å². The van der Waals surface area contributed by atoms with E-state index in [1.807, 2.05) is 6.33 Å². The van der Waals surface area contributed by atoms with Gasteiger partial charge in [-0.2, -0.15) is 0 Å². The molecule has 1 aliphatic carbocycles. The standard InChI is InChI=1S/C12H21N3/c1-9(2)11(6-13)12-7-15(8-14-12)10-4-3-5-10/h7-11H,3-6,13H2,1-2H3. The van der Waals surface area contributed by atoms with Crippen molar-refractivity contribution in [1.29, 1.82) is 0 Å². The molecule has 2 rings (SSSR count). The lowest BCUT2D eigenvalue weighted by atomic mass is 9.92. The molecule has 0 spiro atoms. The summed E-state index contributed by atoms with van der Waals surface area (Å²) in [5.74, 6) is 0.978. The molecule has 1 aromatic heterocycles. The molecule has 3 heteroatoms. The van der Waals surface area contributed by atoms with Crippen LogP contribution in [0.4, 0.5) is 0 Å². The quantitative estimate of drug-likeness (QED) is 0.823. The van der Waals surface area contributed by atoms with Gasteiger partial charge >= 0.3 is 0 Å². The van der Waals surface area contributed by atoms with Crippen molar-refractivity contribution in [3.05, 3.63) is 18.2 Å². The van der Waals surface area contributed by atoms with Crippen LogP contribution in [-0.2, 0) is 0 Å². The third-order valence-corrected chi connectivity index (χ3v) is 3.56. The highest BCUT2D eigenvalue weighted by Gasteiger charge is 2.22. The fourth-order valence-corrected chi connectivity index (χ4v) is 2.16. The molecule has 3 nitrogen and oxygen atoms in total. The molecule has 1 aliphatic rings. The Morgan fingerprint density at radius 1 is 1.53 bits per heavy atom. The molecule has 1 fully saturated rings. The van der Waals surface area contributed by atoms with Crippen molar-refractivity contribution in [3.63, 3.8) is 0 Å². The Morgan fingerprint density at radius 3 is 2.73 bits per heavy atom. The maximum atomic E-state index is 5.79. The van der Waals surface area contributed by atoms with E-state index in [1.54, 1.807) is 0 Å². The Bertz CT molecular complexity index is 312.